The average Bonchev–Trinajstić information content (AvgIpc) is 2.55. The normalized spacial score (nSPS) is 15.5. The van der Waals surface area contributed by atoms with Gasteiger partial charge in [0.1, 0.15) is 0 Å². The van der Waals surface area contributed by atoms with E-state index in [2.05, 4.69) is 15.4 Å². The standard InChI is InChI=1S/C16H22F2N2O3/c1-2-22-14-9-11(3-4-13(14)23-16(17)18)10-20-15(21)12-5-7-19-8-6-12/h3-4,9,12,16,19H,2,5-8,10H2,1H3,(H,20,21). The third-order valence-corrected chi connectivity index (χ3v) is 3.70. The number of benzene rings is 1. The molecule has 0 saturated carbocycles. The summed E-state index contributed by atoms with van der Waals surface area (Å²) in [5.74, 6) is 0.304. The Labute approximate surface area is 134 Å². The van der Waals surface area contributed by atoms with Crippen LogP contribution in [-0.2, 0) is 11.3 Å². The van der Waals surface area contributed by atoms with Gasteiger partial charge in [0.15, 0.2) is 11.5 Å². The summed E-state index contributed by atoms with van der Waals surface area (Å²) in [5.41, 5.74) is 0.775. The Hall–Kier alpha value is -1.89. The summed E-state index contributed by atoms with van der Waals surface area (Å²) in [6.45, 7) is 1.23. The summed E-state index contributed by atoms with van der Waals surface area (Å²) in [4.78, 5) is 12.1. The topological polar surface area (TPSA) is 59.6 Å². The molecule has 0 bridgehead atoms. The van der Waals surface area contributed by atoms with Crippen LogP contribution in [-0.4, -0.2) is 32.2 Å². The quantitative estimate of drug-likeness (QED) is 0.806. The first-order valence-corrected chi connectivity index (χ1v) is 7.79. The van der Waals surface area contributed by atoms with Crippen molar-refractivity contribution in [1.29, 1.82) is 0 Å². The number of piperidine rings is 1. The van der Waals surface area contributed by atoms with Crippen molar-refractivity contribution >= 4 is 5.91 Å². The third-order valence-electron chi connectivity index (χ3n) is 3.70. The number of hydrogen-bond donors (Lipinski definition) is 2. The fourth-order valence-corrected chi connectivity index (χ4v) is 2.54. The molecule has 0 aliphatic carbocycles. The van der Waals surface area contributed by atoms with E-state index in [0.29, 0.717) is 13.2 Å². The molecule has 5 nitrogen and oxygen atoms in total. The van der Waals surface area contributed by atoms with Crippen molar-refractivity contribution in [3.05, 3.63) is 23.8 Å². The Kier molecular flexibility index (Phi) is 6.58. The second kappa shape index (κ2) is 8.67. The van der Waals surface area contributed by atoms with Crippen molar-refractivity contribution in [3.63, 3.8) is 0 Å². The van der Waals surface area contributed by atoms with Crippen LogP contribution in [0.25, 0.3) is 0 Å². The molecule has 1 amide bonds. The lowest BCUT2D eigenvalue weighted by atomic mass is 9.97. The molecular formula is C16H22F2N2O3. The molecule has 1 aromatic carbocycles. The Morgan fingerprint density at radius 1 is 1.35 bits per heavy atom. The van der Waals surface area contributed by atoms with Gasteiger partial charge in [0, 0.05) is 12.5 Å². The molecule has 7 heteroatoms. The van der Waals surface area contributed by atoms with E-state index >= 15 is 0 Å². The summed E-state index contributed by atoms with van der Waals surface area (Å²) in [6.07, 6.45) is 1.66. The highest BCUT2D eigenvalue weighted by atomic mass is 19.3. The van der Waals surface area contributed by atoms with Crippen molar-refractivity contribution < 1.29 is 23.0 Å². The molecule has 2 N–H and O–H groups in total. The zero-order chi connectivity index (χ0) is 16.7. The number of nitrogens with one attached hydrogen (secondary N) is 2. The highest BCUT2D eigenvalue weighted by molar-refractivity contribution is 5.78. The highest BCUT2D eigenvalue weighted by Crippen LogP contribution is 2.30. The van der Waals surface area contributed by atoms with Crippen molar-refractivity contribution in [2.75, 3.05) is 19.7 Å². The van der Waals surface area contributed by atoms with E-state index in [1.807, 2.05) is 0 Å². The summed E-state index contributed by atoms with van der Waals surface area (Å²) in [6, 6.07) is 4.69. The Balaban J connectivity index is 1.96. The zero-order valence-electron chi connectivity index (χ0n) is 13.1. The maximum Gasteiger partial charge on any atom is 0.387 e. The molecule has 1 aliphatic rings. The van der Waals surface area contributed by atoms with Gasteiger partial charge in [0.2, 0.25) is 5.91 Å². The van der Waals surface area contributed by atoms with Crippen molar-refractivity contribution in [1.82, 2.24) is 10.6 Å². The predicted molar refractivity (Wildman–Crippen MR) is 81.7 cm³/mol. The molecule has 23 heavy (non-hydrogen) atoms. The van der Waals surface area contributed by atoms with Crippen LogP contribution >= 0.6 is 0 Å². The van der Waals surface area contributed by atoms with Gasteiger partial charge in [-0.1, -0.05) is 6.07 Å². The molecule has 2 rings (SSSR count). The number of hydrogen-bond acceptors (Lipinski definition) is 4. The molecule has 1 aromatic rings. The molecule has 1 aliphatic heterocycles. The SMILES string of the molecule is CCOc1cc(CNC(=O)C2CCNCC2)ccc1OC(F)F. The van der Waals surface area contributed by atoms with E-state index in [-0.39, 0.29) is 23.3 Å². The second-order valence-electron chi connectivity index (χ2n) is 5.33. The van der Waals surface area contributed by atoms with Crippen molar-refractivity contribution in [2.24, 2.45) is 5.92 Å². The van der Waals surface area contributed by atoms with E-state index < -0.39 is 6.61 Å². The van der Waals surface area contributed by atoms with Gasteiger partial charge in [-0.25, -0.2) is 0 Å². The van der Waals surface area contributed by atoms with Gasteiger partial charge in [-0.15, -0.1) is 0 Å². The first-order chi connectivity index (χ1) is 11.1. The maximum absolute atomic E-state index is 12.4. The van der Waals surface area contributed by atoms with E-state index in [9.17, 15) is 13.6 Å². The van der Waals surface area contributed by atoms with Gasteiger partial charge >= 0.3 is 6.61 Å². The number of alkyl halides is 2. The first-order valence-electron chi connectivity index (χ1n) is 7.79. The lowest BCUT2D eigenvalue weighted by Gasteiger charge is -2.21. The Morgan fingerprint density at radius 3 is 2.74 bits per heavy atom. The number of rotatable bonds is 7. The van der Waals surface area contributed by atoms with Gasteiger partial charge in [-0.05, 0) is 50.6 Å². The summed E-state index contributed by atoms with van der Waals surface area (Å²) in [5, 5.41) is 6.10. The Morgan fingerprint density at radius 2 is 2.09 bits per heavy atom. The van der Waals surface area contributed by atoms with Crippen LogP contribution in [0.5, 0.6) is 11.5 Å². The van der Waals surface area contributed by atoms with Gasteiger partial charge in [0.25, 0.3) is 0 Å². The molecule has 1 saturated heterocycles. The minimum atomic E-state index is -2.90. The van der Waals surface area contributed by atoms with Gasteiger partial charge in [-0.2, -0.15) is 8.78 Å². The highest BCUT2D eigenvalue weighted by Gasteiger charge is 2.20. The average molecular weight is 328 g/mol. The van der Waals surface area contributed by atoms with Crippen molar-refractivity contribution in [3.8, 4) is 11.5 Å². The first kappa shape index (κ1) is 17.5. The van der Waals surface area contributed by atoms with E-state index in [1.165, 1.54) is 6.07 Å². The van der Waals surface area contributed by atoms with Gasteiger partial charge in [0.05, 0.1) is 6.61 Å². The second-order valence-corrected chi connectivity index (χ2v) is 5.33. The molecule has 0 atom stereocenters. The van der Waals surface area contributed by atoms with Crippen LogP contribution in [0.15, 0.2) is 18.2 Å². The van der Waals surface area contributed by atoms with Gasteiger partial charge < -0.3 is 20.1 Å². The third kappa shape index (κ3) is 5.35. The number of halogens is 2. The predicted octanol–water partition coefficient (Wildman–Crippen LogP) is 2.30. The molecule has 0 spiro atoms. The minimum Gasteiger partial charge on any atom is -0.490 e. The maximum atomic E-state index is 12.4. The van der Waals surface area contributed by atoms with Crippen LogP contribution in [0.3, 0.4) is 0 Å². The lowest BCUT2D eigenvalue weighted by molar-refractivity contribution is -0.125. The molecule has 1 fully saturated rings. The fourth-order valence-electron chi connectivity index (χ4n) is 2.54. The van der Waals surface area contributed by atoms with E-state index in [0.717, 1.165) is 31.5 Å². The minimum absolute atomic E-state index is 0.00437. The molecular weight excluding hydrogens is 306 g/mol. The number of carbonyl (C=O) groups excluding carboxylic acids is 1. The van der Waals surface area contributed by atoms with Crippen LogP contribution in [0.1, 0.15) is 25.3 Å². The molecule has 0 aromatic heterocycles. The number of ether oxygens (including phenoxy) is 2. The largest absolute Gasteiger partial charge is 0.490 e. The van der Waals surface area contributed by atoms with Crippen molar-refractivity contribution in [2.45, 2.75) is 32.9 Å². The fraction of sp³-hybridized carbons (Fsp3) is 0.562. The molecule has 128 valence electrons. The van der Waals surface area contributed by atoms with Gasteiger partial charge in [-0.3, -0.25) is 4.79 Å². The molecule has 0 radical (unpaired) electrons. The monoisotopic (exact) mass is 328 g/mol. The van der Waals surface area contributed by atoms with Crippen LogP contribution in [0.4, 0.5) is 8.78 Å². The van der Waals surface area contributed by atoms with E-state index in [4.69, 9.17) is 4.74 Å². The lowest BCUT2D eigenvalue weighted by Crippen LogP contribution is -2.37. The summed E-state index contributed by atoms with van der Waals surface area (Å²) >= 11 is 0. The van der Waals surface area contributed by atoms with Crippen LogP contribution < -0.4 is 20.1 Å². The zero-order valence-corrected chi connectivity index (χ0v) is 13.1. The Bertz CT molecular complexity index is 520. The number of amides is 1. The molecule has 1 heterocycles. The number of carbonyl (C=O) groups is 1. The summed E-state index contributed by atoms with van der Waals surface area (Å²) in [7, 11) is 0. The molecule has 0 unspecified atom stereocenters. The summed E-state index contributed by atoms with van der Waals surface area (Å²) < 4.78 is 34.5. The van der Waals surface area contributed by atoms with E-state index in [1.54, 1.807) is 19.1 Å². The smallest absolute Gasteiger partial charge is 0.387 e. The van der Waals surface area contributed by atoms with Crippen LogP contribution in [0.2, 0.25) is 0 Å². The van der Waals surface area contributed by atoms with Crippen LogP contribution in [0, 0.1) is 5.92 Å².